The van der Waals surface area contributed by atoms with E-state index < -0.39 is 6.10 Å². The van der Waals surface area contributed by atoms with Crippen LogP contribution in [-0.4, -0.2) is 37.2 Å². The maximum atomic E-state index is 12.8. The number of hydrogen-bond donors (Lipinski definition) is 0. The third-order valence-corrected chi connectivity index (χ3v) is 11.9. The van der Waals surface area contributed by atoms with E-state index in [1.54, 1.807) is 0 Å². The molecule has 6 nitrogen and oxygen atoms in total. The number of carbonyl (C=O) groups excluding carboxylic acids is 3. The molecule has 0 radical (unpaired) electrons. The van der Waals surface area contributed by atoms with Gasteiger partial charge >= 0.3 is 17.9 Å². The molecule has 0 rings (SSSR count). The fourth-order valence-electron chi connectivity index (χ4n) is 7.65. The molecule has 0 saturated heterocycles. The normalized spacial score (nSPS) is 12.6. The Morgan fingerprint density at radius 2 is 0.545 bits per heavy atom. The average Bonchev–Trinajstić information content (AvgIpc) is 3.31. The Labute approximate surface area is 408 Å². The van der Waals surface area contributed by atoms with E-state index in [0.717, 1.165) is 109 Å². The molecule has 66 heavy (non-hydrogen) atoms. The zero-order valence-corrected chi connectivity index (χ0v) is 43.4. The van der Waals surface area contributed by atoms with E-state index >= 15 is 0 Å². The Balaban J connectivity index is 4.39. The molecule has 0 heterocycles. The van der Waals surface area contributed by atoms with Crippen molar-refractivity contribution in [3.05, 3.63) is 72.9 Å². The van der Waals surface area contributed by atoms with Crippen LogP contribution in [0.5, 0.6) is 0 Å². The van der Waals surface area contributed by atoms with Gasteiger partial charge in [-0.25, -0.2) is 0 Å². The number of ether oxygens (including phenoxy) is 3. The van der Waals surface area contributed by atoms with Gasteiger partial charge in [-0.3, -0.25) is 14.4 Å². The number of carbonyl (C=O) groups is 3. The summed E-state index contributed by atoms with van der Waals surface area (Å²) in [6.45, 7) is 6.55. The molecule has 1 unspecified atom stereocenters. The van der Waals surface area contributed by atoms with Crippen LogP contribution >= 0.6 is 0 Å². The van der Waals surface area contributed by atoms with Crippen molar-refractivity contribution in [3.63, 3.8) is 0 Å². The lowest BCUT2D eigenvalue weighted by Gasteiger charge is -2.18. The van der Waals surface area contributed by atoms with Crippen molar-refractivity contribution in [2.45, 2.75) is 277 Å². The first-order valence-corrected chi connectivity index (χ1v) is 27.9. The number of unbranched alkanes of at least 4 members (excludes halogenated alkanes) is 27. The number of rotatable bonds is 50. The third kappa shape index (κ3) is 51.8. The molecule has 0 aromatic heterocycles. The van der Waals surface area contributed by atoms with Crippen molar-refractivity contribution in [2.24, 2.45) is 0 Å². The molecular weight excluding hydrogens is 817 g/mol. The summed E-state index contributed by atoms with van der Waals surface area (Å²) in [5.41, 5.74) is 0. The zero-order chi connectivity index (χ0) is 47.9. The molecule has 0 aliphatic rings. The molecule has 0 bridgehead atoms. The largest absolute Gasteiger partial charge is 0.462 e. The summed E-state index contributed by atoms with van der Waals surface area (Å²) >= 11 is 0. The van der Waals surface area contributed by atoms with E-state index in [9.17, 15) is 14.4 Å². The Bertz CT molecular complexity index is 1240. The molecule has 0 spiro atoms. The SMILES string of the molecule is CCCCC/C=C\C/C=C\CCCCCCCC(=O)OC(COC(=O)CCCCCCC/C=C\CCCCC)COC(=O)CCCCCCCC/C=C\C/C=C\C/C=C\CCCCCCC. The molecule has 0 aliphatic heterocycles. The first kappa shape index (κ1) is 62.8. The summed E-state index contributed by atoms with van der Waals surface area (Å²) in [6, 6.07) is 0. The minimum Gasteiger partial charge on any atom is -0.462 e. The van der Waals surface area contributed by atoms with Gasteiger partial charge in [0.1, 0.15) is 13.2 Å². The van der Waals surface area contributed by atoms with E-state index in [4.69, 9.17) is 14.2 Å². The molecule has 0 aromatic carbocycles. The highest BCUT2D eigenvalue weighted by atomic mass is 16.6. The second-order valence-corrected chi connectivity index (χ2v) is 18.5. The summed E-state index contributed by atoms with van der Waals surface area (Å²) < 4.78 is 16.8. The van der Waals surface area contributed by atoms with E-state index in [1.165, 1.54) is 122 Å². The number of esters is 3. The molecule has 0 N–H and O–H groups in total. The molecule has 0 aliphatic carbocycles. The van der Waals surface area contributed by atoms with E-state index in [0.29, 0.717) is 19.3 Å². The number of allylic oxidation sites excluding steroid dienone is 12. The van der Waals surface area contributed by atoms with Gasteiger partial charge in [0.25, 0.3) is 0 Å². The van der Waals surface area contributed by atoms with Gasteiger partial charge in [0, 0.05) is 19.3 Å². The average molecular weight is 921 g/mol. The van der Waals surface area contributed by atoms with Gasteiger partial charge in [-0.15, -0.1) is 0 Å². The third-order valence-electron chi connectivity index (χ3n) is 11.9. The summed E-state index contributed by atoms with van der Waals surface area (Å²) in [6.07, 6.45) is 68.8. The fourth-order valence-corrected chi connectivity index (χ4v) is 7.65. The summed E-state index contributed by atoms with van der Waals surface area (Å²) in [4.78, 5) is 38.1. The predicted octanol–water partition coefficient (Wildman–Crippen LogP) is 18.6. The van der Waals surface area contributed by atoms with Gasteiger partial charge < -0.3 is 14.2 Å². The Morgan fingerprint density at radius 3 is 0.894 bits per heavy atom. The molecule has 0 amide bonds. The van der Waals surface area contributed by atoms with Crippen LogP contribution in [0.3, 0.4) is 0 Å². The molecule has 380 valence electrons. The van der Waals surface area contributed by atoms with Crippen molar-refractivity contribution in [1.29, 1.82) is 0 Å². The summed E-state index contributed by atoms with van der Waals surface area (Å²) in [5, 5.41) is 0. The standard InChI is InChI=1S/C60H104O6/c1-4-7-10-13-16-19-22-25-27-28-29-30-31-32-34-35-38-41-44-47-50-53-59(62)65-56-57(55-64-58(61)52-49-46-43-40-37-24-21-18-15-12-9-6-3)66-60(63)54-51-48-45-42-39-36-33-26-23-20-17-14-11-8-5-2/h17-18,20-22,25-26,28-29,31-33,57H,4-16,19,23-24,27,30,34-56H2,1-3H3/b20-17-,21-18-,25-22-,29-28-,32-31-,33-26-. The highest BCUT2D eigenvalue weighted by Gasteiger charge is 2.19. The van der Waals surface area contributed by atoms with Crippen molar-refractivity contribution in [2.75, 3.05) is 13.2 Å². The van der Waals surface area contributed by atoms with Crippen LogP contribution in [0.4, 0.5) is 0 Å². The van der Waals surface area contributed by atoms with Crippen molar-refractivity contribution < 1.29 is 28.6 Å². The van der Waals surface area contributed by atoms with Gasteiger partial charge in [-0.1, -0.05) is 209 Å². The van der Waals surface area contributed by atoms with E-state index in [-0.39, 0.29) is 31.1 Å². The second kappa shape index (κ2) is 54.5. The molecule has 0 aromatic rings. The molecule has 6 heteroatoms. The number of hydrogen-bond acceptors (Lipinski definition) is 6. The lowest BCUT2D eigenvalue weighted by atomic mass is 10.1. The zero-order valence-electron chi connectivity index (χ0n) is 43.4. The topological polar surface area (TPSA) is 78.9 Å². The van der Waals surface area contributed by atoms with Gasteiger partial charge in [-0.05, 0) is 116 Å². The van der Waals surface area contributed by atoms with Gasteiger partial charge in [0.15, 0.2) is 6.10 Å². The second-order valence-electron chi connectivity index (χ2n) is 18.5. The highest BCUT2D eigenvalue weighted by Crippen LogP contribution is 2.14. The van der Waals surface area contributed by atoms with E-state index in [2.05, 4.69) is 93.7 Å². The minimum absolute atomic E-state index is 0.0898. The summed E-state index contributed by atoms with van der Waals surface area (Å²) in [5.74, 6) is -0.921. The van der Waals surface area contributed by atoms with Crippen LogP contribution in [0.1, 0.15) is 271 Å². The Morgan fingerprint density at radius 1 is 0.303 bits per heavy atom. The molecule has 0 fully saturated rings. The van der Waals surface area contributed by atoms with Gasteiger partial charge in [0.2, 0.25) is 0 Å². The lowest BCUT2D eigenvalue weighted by Crippen LogP contribution is -2.30. The smallest absolute Gasteiger partial charge is 0.306 e. The van der Waals surface area contributed by atoms with E-state index in [1.807, 2.05) is 0 Å². The van der Waals surface area contributed by atoms with Crippen LogP contribution in [0, 0.1) is 0 Å². The fraction of sp³-hybridized carbons (Fsp3) is 0.750. The Hall–Kier alpha value is -3.15. The molecule has 1 atom stereocenters. The van der Waals surface area contributed by atoms with Crippen LogP contribution in [0.25, 0.3) is 0 Å². The minimum atomic E-state index is -0.791. The van der Waals surface area contributed by atoms with Crippen molar-refractivity contribution in [1.82, 2.24) is 0 Å². The maximum Gasteiger partial charge on any atom is 0.306 e. The van der Waals surface area contributed by atoms with Crippen molar-refractivity contribution in [3.8, 4) is 0 Å². The highest BCUT2D eigenvalue weighted by molar-refractivity contribution is 5.71. The van der Waals surface area contributed by atoms with Crippen LogP contribution in [0.15, 0.2) is 72.9 Å². The summed E-state index contributed by atoms with van der Waals surface area (Å²) in [7, 11) is 0. The maximum absolute atomic E-state index is 12.8. The van der Waals surface area contributed by atoms with Crippen LogP contribution in [0.2, 0.25) is 0 Å². The molecular formula is C60H104O6. The van der Waals surface area contributed by atoms with Gasteiger partial charge in [0.05, 0.1) is 0 Å². The predicted molar refractivity (Wildman–Crippen MR) is 284 cm³/mol. The quantitative estimate of drug-likeness (QED) is 0.0262. The first-order valence-electron chi connectivity index (χ1n) is 27.9. The van der Waals surface area contributed by atoms with Crippen molar-refractivity contribution >= 4 is 17.9 Å². The Kier molecular flexibility index (Phi) is 51.9. The lowest BCUT2D eigenvalue weighted by molar-refractivity contribution is -0.167. The first-order chi connectivity index (χ1) is 32.5. The van der Waals surface area contributed by atoms with Gasteiger partial charge in [-0.2, -0.15) is 0 Å². The monoisotopic (exact) mass is 921 g/mol. The molecule has 0 saturated carbocycles. The van der Waals surface area contributed by atoms with Crippen LogP contribution in [-0.2, 0) is 28.6 Å². The van der Waals surface area contributed by atoms with Crippen LogP contribution < -0.4 is 0 Å².